The van der Waals surface area contributed by atoms with Gasteiger partial charge in [0.2, 0.25) is 11.8 Å². The molecule has 4 rings (SSSR count). The number of benzene rings is 2. The van der Waals surface area contributed by atoms with E-state index in [0.717, 1.165) is 61.8 Å². The fraction of sp³-hybridized carbons (Fsp3) is 0.545. The Morgan fingerprint density at radius 1 is 1.02 bits per heavy atom. The molecule has 8 heteroatoms. The normalized spacial score (nSPS) is 18.1. The van der Waals surface area contributed by atoms with Crippen molar-refractivity contribution in [3.05, 3.63) is 65.2 Å². The van der Waals surface area contributed by atoms with Gasteiger partial charge >= 0.3 is 0 Å². The number of rotatable bonds is 13. The third-order valence-electron chi connectivity index (χ3n) is 8.22. The van der Waals surface area contributed by atoms with Crippen molar-refractivity contribution in [3.63, 3.8) is 0 Å². The van der Waals surface area contributed by atoms with Crippen LogP contribution >= 0.6 is 0 Å². The maximum Gasteiger partial charge on any atom is 0.251 e. The Hall–Kier alpha value is -3.23. The van der Waals surface area contributed by atoms with E-state index in [9.17, 15) is 19.5 Å². The number of nitrogens with zero attached hydrogens (tertiary/aromatic N) is 1. The highest BCUT2D eigenvalue weighted by Gasteiger charge is 2.27. The fourth-order valence-electron chi connectivity index (χ4n) is 5.82. The van der Waals surface area contributed by atoms with E-state index in [2.05, 4.69) is 22.9 Å². The first-order valence-electron chi connectivity index (χ1n) is 15.3. The first-order chi connectivity index (χ1) is 19.8. The van der Waals surface area contributed by atoms with E-state index in [-0.39, 0.29) is 30.3 Å². The minimum Gasteiger partial charge on any atom is -0.390 e. The van der Waals surface area contributed by atoms with Crippen LogP contribution < -0.4 is 20.9 Å². The van der Waals surface area contributed by atoms with Gasteiger partial charge in [0.25, 0.3) is 5.91 Å². The van der Waals surface area contributed by atoms with E-state index in [1.807, 2.05) is 42.5 Å². The SMILES string of the molecule is CCCc1cc(C(=O)NC(Cc2ccccc2)C(O)CNC(C)C(=O)NC2CCCCC2)cc(N2CCCC2=O)c1. The van der Waals surface area contributed by atoms with Gasteiger partial charge in [-0.15, -0.1) is 0 Å². The molecule has 1 saturated carbocycles. The van der Waals surface area contributed by atoms with Gasteiger partial charge in [-0.3, -0.25) is 14.4 Å². The molecule has 2 fully saturated rings. The monoisotopic (exact) mass is 562 g/mol. The van der Waals surface area contributed by atoms with Gasteiger partial charge in [0.05, 0.1) is 18.2 Å². The summed E-state index contributed by atoms with van der Waals surface area (Å²) in [5.74, 6) is -0.279. The standard InChI is InChI=1S/C33H46N4O4/c1-3-11-25-18-26(21-28(19-25)37-17-10-16-31(37)39)33(41)36-29(20-24-12-6-4-7-13-24)30(38)22-34-23(2)32(40)35-27-14-8-5-9-15-27/h4,6-7,12-13,18-19,21,23,27,29-30,34,38H,3,5,8-11,14-17,20,22H2,1-2H3,(H,35,40)(H,36,41). The maximum absolute atomic E-state index is 13.6. The molecule has 1 heterocycles. The van der Waals surface area contributed by atoms with Crippen LogP contribution in [-0.2, 0) is 22.4 Å². The third-order valence-corrected chi connectivity index (χ3v) is 8.22. The number of carbonyl (C=O) groups excluding carboxylic acids is 3. The average Bonchev–Trinajstić information content (AvgIpc) is 3.42. The van der Waals surface area contributed by atoms with E-state index in [1.54, 1.807) is 17.9 Å². The van der Waals surface area contributed by atoms with Crippen molar-refractivity contribution in [2.75, 3.05) is 18.0 Å². The van der Waals surface area contributed by atoms with Crippen LogP contribution in [0.15, 0.2) is 48.5 Å². The van der Waals surface area contributed by atoms with Crippen LogP contribution in [-0.4, -0.2) is 60.1 Å². The highest BCUT2D eigenvalue weighted by atomic mass is 16.3. The fourth-order valence-corrected chi connectivity index (χ4v) is 5.82. The minimum absolute atomic E-state index is 0.0653. The summed E-state index contributed by atoms with van der Waals surface area (Å²) in [7, 11) is 0. The van der Waals surface area contributed by atoms with Crippen molar-refractivity contribution in [1.29, 1.82) is 0 Å². The minimum atomic E-state index is -0.928. The van der Waals surface area contributed by atoms with Crippen molar-refractivity contribution >= 4 is 23.4 Å². The van der Waals surface area contributed by atoms with Gasteiger partial charge in [-0.25, -0.2) is 0 Å². The molecule has 2 aromatic carbocycles. The van der Waals surface area contributed by atoms with Crippen LogP contribution in [0.4, 0.5) is 5.69 Å². The van der Waals surface area contributed by atoms with Gasteiger partial charge < -0.3 is 26.0 Å². The van der Waals surface area contributed by atoms with Crippen LogP contribution in [0.1, 0.15) is 86.7 Å². The molecule has 0 spiro atoms. The summed E-state index contributed by atoms with van der Waals surface area (Å²) in [4.78, 5) is 40.6. The first-order valence-corrected chi connectivity index (χ1v) is 15.3. The second-order valence-corrected chi connectivity index (χ2v) is 11.6. The molecule has 1 saturated heterocycles. The summed E-state index contributed by atoms with van der Waals surface area (Å²) in [5, 5.41) is 20.6. The molecule has 0 aromatic heterocycles. The molecule has 0 bridgehead atoms. The summed E-state index contributed by atoms with van der Waals surface area (Å²) in [6.07, 6.45) is 8.10. The molecule has 222 valence electrons. The Labute approximate surface area is 244 Å². The lowest BCUT2D eigenvalue weighted by Crippen LogP contribution is -2.53. The second-order valence-electron chi connectivity index (χ2n) is 11.6. The molecule has 8 nitrogen and oxygen atoms in total. The zero-order chi connectivity index (χ0) is 29.2. The number of aryl methyl sites for hydroxylation is 1. The Bertz CT molecular complexity index is 1170. The van der Waals surface area contributed by atoms with Crippen LogP contribution in [0.5, 0.6) is 0 Å². The summed E-state index contributed by atoms with van der Waals surface area (Å²) in [6, 6.07) is 14.6. The van der Waals surface area contributed by atoms with Gasteiger partial charge in [-0.2, -0.15) is 0 Å². The highest BCUT2D eigenvalue weighted by molar-refractivity contribution is 5.99. The van der Waals surface area contributed by atoms with Crippen molar-refractivity contribution in [2.24, 2.45) is 0 Å². The number of anilines is 1. The first kappa shape index (κ1) is 30.7. The molecule has 3 atom stereocenters. The number of carbonyl (C=O) groups is 3. The number of aliphatic hydroxyl groups is 1. The van der Waals surface area contributed by atoms with E-state index < -0.39 is 18.2 Å². The predicted molar refractivity (Wildman–Crippen MR) is 162 cm³/mol. The van der Waals surface area contributed by atoms with Crippen LogP contribution in [0.3, 0.4) is 0 Å². The lowest BCUT2D eigenvalue weighted by molar-refractivity contribution is -0.123. The topological polar surface area (TPSA) is 111 Å². The van der Waals surface area contributed by atoms with Gasteiger partial charge in [-0.1, -0.05) is 62.9 Å². The third kappa shape index (κ3) is 8.88. The quantitative estimate of drug-likeness (QED) is 0.296. The summed E-state index contributed by atoms with van der Waals surface area (Å²) >= 11 is 0. The Morgan fingerprint density at radius 3 is 2.46 bits per heavy atom. The van der Waals surface area contributed by atoms with E-state index in [1.165, 1.54) is 6.42 Å². The largest absolute Gasteiger partial charge is 0.390 e. The van der Waals surface area contributed by atoms with Gasteiger partial charge in [0.15, 0.2) is 0 Å². The maximum atomic E-state index is 13.6. The van der Waals surface area contributed by atoms with E-state index in [4.69, 9.17) is 0 Å². The average molecular weight is 563 g/mol. The van der Waals surface area contributed by atoms with E-state index in [0.29, 0.717) is 24.9 Å². The predicted octanol–water partition coefficient (Wildman–Crippen LogP) is 3.89. The number of aliphatic hydroxyl groups excluding tert-OH is 1. The molecule has 1 aliphatic carbocycles. The number of hydrogen-bond acceptors (Lipinski definition) is 5. The smallest absolute Gasteiger partial charge is 0.251 e. The number of amides is 3. The summed E-state index contributed by atoms with van der Waals surface area (Å²) < 4.78 is 0. The zero-order valence-electron chi connectivity index (χ0n) is 24.5. The molecule has 2 aliphatic rings. The lowest BCUT2D eigenvalue weighted by atomic mass is 9.95. The number of hydrogen-bond donors (Lipinski definition) is 4. The zero-order valence-corrected chi connectivity index (χ0v) is 24.5. The second kappa shape index (κ2) is 15.1. The van der Waals surface area contributed by atoms with Gasteiger partial charge in [0, 0.05) is 36.8 Å². The summed E-state index contributed by atoms with van der Waals surface area (Å²) in [6.45, 7) is 4.70. The van der Waals surface area contributed by atoms with Crippen molar-refractivity contribution in [3.8, 4) is 0 Å². The van der Waals surface area contributed by atoms with E-state index >= 15 is 0 Å². The lowest BCUT2D eigenvalue weighted by Gasteiger charge is -2.28. The molecule has 3 amide bonds. The molecule has 1 aliphatic heterocycles. The van der Waals surface area contributed by atoms with Crippen molar-refractivity contribution in [2.45, 2.75) is 102 Å². The molecule has 3 unspecified atom stereocenters. The van der Waals surface area contributed by atoms with Crippen LogP contribution in [0, 0.1) is 0 Å². The van der Waals surface area contributed by atoms with Crippen LogP contribution in [0.2, 0.25) is 0 Å². The Morgan fingerprint density at radius 2 is 1.78 bits per heavy atom. The summed E-state index contributed by atoms with van der Waals surface area (Å²) in [5.41, 5.74) is 3.23. The Balaban J connectivity index is 1.45. The molecule has 2 aromatic rings. The van der Waals surface area contributed by atoms with Gasteiger partial charge in [-0.05, 0) is 68.4 Å². The van der Waals surface area contributed by atoms with Crippen LogP contribution in [0.25, 0.3) is 0 Å². The molecule has 0 radical (unpaired) electrons. The number of nitrogens with one attached hydrogen (secondary N) is 3. The molecule has 4 N–H and O–H groups in total. The van der Waals surface area contributed by atoms with Gasteiger partial charge in [0.1, 0.15) is 0 Å². The van der Waals surface area contributed by atoms with Crippen molar-refractivity contribution < 1.29 is 19.5 Å². The molecular formula is C33H46N4O4. The Kier molecular flexibility index (Phi) is 11.3. The highest BCUT2D eigenvalue weighted by Crippen LogP contribution is 2.25. The molecular weight excluding hydrogens is 516 g/mol. The van der Waals surface area contributed by atoms with Crippen molar-refractivity contribution in [1.82, 2.24) is 16.0 Å². The molecule has 41 heavy (non-hydrogen) atoms.